The molecule has 0 spiro atoms. The molecule has 1 aromatic rings. The van der Waals surface area contributed by atoms with Crippen LogP contribution in [0.2, 0.25) is 0 Å². The molecule has 1 aromatic carbocycles. The van der Waals surface area contributed by atoms with E-state index >= 15 is 0 Å². The Labute approximate surface area is 104 Å². The van der Waals surface area contributed by atoms with E-state index in [2.05, 4.69) is 43.1 Å². The highest BCUT2D eigenvalue weighted by molar-refractivity contribution is 5.29. The minimum Gasteiger partial charge on any atom is -0.481 e. The van der Waals surface area contributed by atoms with Crippen LogP contribution in [0.3, 0.4) is 0 Å². The van der Waals surface area contributed by atoms with Crippen LogP contribution in [0.5, 0.6) is 5.75 Å². The van der Waals surface area contributed by atoms with Crippen molar-refractivity contribution in [2.24, 2.45) is 0 Å². The topological polar surface area (TPSA) is 21.3 Å². The summed E-state index contributed by atoms with van der Waals surface area (Å²) in [6, 6.07) is 8.68. The fourth-order valence-corrected chi connectivity index (χ4v) is 1.73. The van der Waals surface area contributed by atoms with Crippen molar-refractivity contribution < 1.29 is 4.74 Å². The van der Waals surface area contributed by atoms with Gasteiger partial charge in [-0.05, 0) is 37.6 Å². The first-order valence-electron chi connectivity index (χ1n) is 6.17. The van der Waals surface area contributed by atoms with Gasteiger partial charge in [-0.15, -0.1) is 5.92 Å². The highest BCUT2D eigenvalue weighted by Gasteiger charge is 2.06. The SMILES string of the molecule is CC#CCOc1ccc(C(CC)NCC)cc1. The summed E-state index contributed by atoms with van der Waals surface area (Å²) in [7, 11) is 0. The Morgan fingerprint density at radius 3 is 2.47 bits per heavy atom. The number of benzene rings is 1. The Kier molecular flexibility index (Phi) is 6.21. The second-order valence-corrected chi connectivity index (χ2v) is 3.80. The fraction of sp³-hybridized carbons (Fsp3) is 0.467. The summed E-state index contributed by atoms with van der Waals surface area (Å²) in [5, 5.41) is 3.46. The standard InChI is InChI=1S/C15H21NO/c1-4-7-12-17-14-10-8-13(9-11-14)15(5-2)16-6-3/h8-11,15-16H,5-6,12H2,1-3H3. The number of hydrogen-bond donors (Lipinski definition) is 1. The molecule has 2 nitrogen and oxygen atoms in total. The maximum Gasteiger partial charge on any atom is 0.149 e. The largest absolute Gasteiger partial charge is 0.481 e. The molecular weight excluding hydrogens is 210 g/mol. The number of nitrogens with one attached hydrogen (secondary N) is 1. The van der Waals surface area contributed by atoms with Gasteiger partial charge >= 0.3 is 0 Å². The zero-order chi connectivity index (χ0) is 12.5. The summed E-state index contributed by atoms with van der Waals surface area (Å²) < 4.78 is 5.48. The normalized spacial score (nSPS) is 11.5. The predicted molar refractivity (Wildman–Crippen MR) is 72.1 cm³/mol. The fourth-order valence-electron chi connectivity index (χ4n) is 1.73. The van der Waals surface area contributed by atoms with E-state index < -0.39 is 0 Å². The van der Waals surface area contributed by atoms with Crippen molar-refractivity contribution in [1.29, 1.82) is 0 Å². The molecule has 92 valence electrons. The van der Waals surface area contributed by atoms with E-state index in [1.54, 1.807) is 0 Å². The minimum atomic E-state index is 0.435. The van der Waals surface area contributed by atoms with Gasteiger partial charge in [-0.2, -0.15) is 0 Å². The molecule has 0 aliphatic carbocycles. The maximum atomic E-state index is 5.48. The molecule has 0 heterocycles. The quantitative estimate of drug-likeness (QED) is 0.759. The van der Waals surface area contributed by atoms with Gasteiger partial charge in [0.1, 0.15) is 12.4 Å². The lowest BCUT2D eigenvalue weighted by molar-refractivity contribution is 0.370. The molecule has 0 bridgehead atoms. The van der Waals surface area contributed by atoms with Crippen molar-refractivity contribution in [3.63, 3.8) is 0 Å². The molecule has 0 saturated carbocycles. The van der Waals surface area contributed by atoms with Gasteiger partial charge in [-0.25, -0.2) is 0 Å². The minimum absolute atomic E-state index is 0.435. The molecule has 2 heteroatoms. The van der Waals surface area contributed by atoms with Crippen molar-refractivity contribution in [3.8, 4) is 17.6 Å². The second-order valence-electron chi connectivity index (χ2n) is 3.80. The maximum absolute atomic E-state index is 5.48. The third kappa shape index (κ3) is 4.50. The molecule has 0 fully saturated rings. The van der Waals surface area contributed by atoms with Crippen LogP contribution in [0.4, 0.5) is 0 Å². The van der Waals surface area contributed by atoms with Crippen LogP contribution in [0, 0.1) is 11.8 Å². The van der Waals surface area contributed by atoms with Crippen molar-refractivity contribution in [3.05, 3.63) is 29.8 Å². The molecule has 0 amide bonds. The number of ether oxygens (including phenoxy) is 1. The van der Waals surface area contributed by atoms with Gasteiger partial charge in [0.25, 0.3) is 0 Å². The van der Waals surface area contributed by atoms with E-state index in [1.807, 2.05) is 19.1 Å². The van der Waals surface area contributed by atoms with E-state index in [4.69, 9.17) is 4.74 Å². The lowest BCUT2D eigenvalue weighted by Gasteiger charge is -2.16. The van der Waals surface area contributed by atoms with Crippen LogP contribution in [0.15, 0.2) is 24.3 Å². The van der Waals surface area contributed by atoms with Gasteiger partial charge in [-0.1, -0.05) is 31.9 Å². The molecule has 0 saturated heterocycles. The van der Waals surface area contributed by atoms with E-state index in [9.17, 15) is 0 Å². The van der Waals surface area contributed by atoms with Crippen LogP contribution in [-0.4, -0.2) is 13.2 Å². The lowest BCUT2D eigenvalue weighted by atomic mass is 10.0. The number of hydrogen-bond acceptors (Lipinski definition) is 2. The highest BCUT2D eigenvalue weighted by atomic mass is 16.5. The van der Waals surface area contributed by atoms with Crippen LogP contribution >= 0.6 is 0 Å². The molecule has 1 unspecified atom stereocenters. The van der Waals surface area contributed by atoms with E-state index in [-0.39, 0.29) is 0 Å². The molecule has 1 N–H and O–H groups in total. The van der Waals surface area contributed by atoms with Crippen LogP contribution < -0.4 is 10.1 Å². The zero-order valence-electron chi connectivity index (χ0n) is 10.9. The van der Waals surface area contributed by atoms with E-state index in [0.29, 0.717) is 12.6 Å². The monoisotopic (exact) mass is 231 g/mol. The summed E-state index contributed by atoms with van der Waals surface area (Å²) in [4.78, 5) is 0. The smallest absolute Gasteiger partial charge is 0.149 e. The summed E-state index contributed by atoms with van der Waals surface area (Å²) in [5.74, 6) is 6.57. The summed E-state index contributed by atoms with van der Waals surface area (Å²) in [6.45, 7) is 7.58. The summed E-state index contributed by atoms with van der Waals surface area (Å²) in [6.07, 6.45) is 1.09. The average molecular weight is 231 g/mol. The van der Waals surface area contributed by atoms with Gasteiger partial charge in [0.15, 0.2) is 0 Å². The summed E-state index contributed by atoms with van der Waals surface area (Å²) in [5.41, 5.74) is 1.31. The van der Waals surface area contributed by atoms with Gasteiger partial charge in [0.05, 0.1) is 0 Å². The Bertz CT molecular complexity index is 372. The molecular formula is C15H21NO. The van der Waals surface area contributed by atoms with E-state index in [1.165, 1.54) is 5.56 Å². The Hall–Kier alpha value is -1.46. The molecule has 0 aliphatic rings. The first-order valence-corrected chi connectivity index (χ1v) is 6.17. The molecule has 0 aromatic heterocycles. The van der Waals surface area contributed by atoms with Crippen molar-refractivity contribution in [2.45, 2.75) is 33.2 Å². The third-order valence-corrected chi connectivity index (χ3v) is 2.63. The van der Waals surface area contributed by atoms with Crippen molar-refractivity contribution in [1.82, 2.24) is 5.32 Å². The molecule has 0 aliphatic heterocycles. The lowest BCUT2D eigenvalue weighted by Crippen LogP contribution is -2.19. The molecule has 1 atom stereocenters. The van der Waals surface area contributed by atoms with Crippen molar-refractivity contribution >= 4 is 0 Å². The van der Waals surface area contributed by atoms with Gasteiger partial charge < -0.3 is 10.1 Å². The number of rotatable bonds is 6. The van der Waals surface area contributed by atoms with Crippen LogP contribution in [0.1, 0.15) is 38.8 Å². The van der Waals surface area contributed by atoms with Crippen LogP contribution in [0.25, 0.3) is 0 Å². The molecule has 17 heavy (non-hydrogen) atoms. The molecule has 0 radical (unpaired) electrons. The second kappa shape index (κ2) is 7.76. The zero-order valence-corrected chi connectivity index (χ0v) is 10.9. The van der Waals surface area contributed by atoms with Crippen LogP contribution in [-0.2, 0) is 0 Å². The first kappa shape index (κ1) is 13.6. The highest BCUT2D eigenvalue weighted by Crippen LogP contribution is 2.19. The summed E-state index contributed by atoms with van der Waals surface area (Å²) >= 11 is 0. The Balaban J connectivity index is 2.61. The third-order valence-electron chi connectivity index (χ3n) is 2.63. The van der Waals surface area contributed by atoms with Gasteiger partial charge in [0, 0.05) is 6.04 Å². The van der Waals surface area contributed by atoms with E-state index in [0.717, 1.165) is 18.7 Å². The first-order chi connectivity index (χ1) is 8.31. The Morgan fingerprint density at radius 2 is 1.94 bits per heavy atom. The van der Waals surface area contributed by atoms with Gasteiger partial charge in [0.2, 0.25) is 0 Å². The average Bonchev–Trinajstić information content (AvgIpc) is 2.37. The van der Waals surface area contributed by atoms with Gasteiger partial charge in [-0.3, -0.25) is 0 Å². The predicted octanol–water partition coefficient (Wildman–Crippen LogP) is 3.15. The van der Waals surface area contributed by atoms with Crippen molar-refractivity contribution in [2.75, 3.05) is 13.2 Å². The molecule has 1 rings (SSSR count). The Morgan fingerprint density at radius 1 is 1.24 bits per heavy atom.